The number of nitrogens with one attached hydrogen (secondary N) is 1. The molecule has 0 radical (unpaired) electrons. The summed E-state index contributed by atoms with van der Waals surface area (Å²) in [5.74, 6) is 0.818. The van der Waals surface area contributed by atoms with Crippen molar-refractivity contribution in [2.75, 3.05) is 13.7 Å². The molecule has 0 fully saturated rings. The van der Waals surface area contributed by atoms with E-state index in [1.54, 1.807) is 14.0 Å². The average molecular weight is 505 g/mol. The van der Waals surface area contributed by atoms with Gasteiger partial charge in [-0.25, -0.2) is 4.68 Å². The summed E-state index contributed by atoms with van der Waals surface area (Å²) in [5, 5.41) is 13.0. The van der Waals surface area contributed by atoms with Crippen molar-refractivity contribution < 1.29 is 14.3 Å². The highest BCUT2D eigenvalue weighted by Gasteiger charge is 2.27. The van der Waals surface area contributed by atoms with Crippen LogP contribution in [0, 0.1) is 6.92 Å². The molecular formula is C27H32N6O4. The predicted molar refractivity (Wildman–Crippen MR) is 139 cm³/mol. The molecule has 2 aromatic heterocycles. The van der Waals surface area contributed by atoms with Gasteiger partial charge in [-0.3, -0.25) is 14.5 Å². The third kappa shape index (κ3) is 6.21. The van der Waals surface area contributed by atoms with Crippen molar-refractivity contribution in [2.24, 2.45) is 0 Å². The zero-order valence-electron chi connectivity index (χ0n) is 21.6. The Morgan fingerprint density at radius 1 is 1.11 bits per heavy atom. The van der Waals surface area contributed by atoms with Crippen LogP contribution in [-0.2, 0) is 29.2 Å². The van der Waals surface area contributed by atoms with Crippen molar-refractivity contribution in [1.82, 2.24) is 30.1 Å². The molecule has 1 N–H and O–H groups in total. The first kappa shape index (κ1) is 26.0. The largest absolute Gasteiger partial charge is 0.497 e. The summed E-state index contributed by atoms with van der Waals surface area (Å²) in [6.45, 7) is 6.96. The number of tetrazole rings is 1. The summed E-state index contributed by atoms with van der Waals surface area (Å²) in [6.07, 6.45) is 0.664. The molecule has 4 aromatic rings. The van der Waals surface area contributed by atoms with Gasteiger partial charge in [-0.15, -0.1) is 5.10 Å². The summed E-state index contributed by atoms with van der Waals surface area (Å²) >= 11 is 0. The van der Waals surface area contributed by atoms with Gasteiger partial charge in [0.2, 0.25) is 0 Å². The zero-order valence-corrected chi connectivity index (χ0v) is 21.6. The zero-order chi connectivity index (χ0) is 26.4. The summed E-state index contributed by atoms with van der Waals surface area (Å²) in [6, 6.07) is 15.5. The molecule has 10 nitrogen and oxygen atoms in total. The summed E-state index contributed by atoms with van der Waals surface area (Å²) in [7, 11) is 1.59. The van der Waals surface area contributed by atoms with E-state index in [-0.39, 0.29) is 24.8 Å². The standard InChI is InChI=1S/C27H32N6O4/c1-5-24(26-29-30-31-33(26)17-25(34)37-6-2)32(15-19-9-7-18(3)8-10-19)16-21-13-20-11-12-22(36-4)14-23(20)28-27(21)35/h7-14,24H,5-6,15-17H2,1-4H3,(H,28,35)/t24-/m0/s1. The van der Waals surface area contributed by atoms with Gasteiger partial charge in [0, 0.05) is 24.7 Å². The number of carbonyl (C=O) groups excluding carboxylic acids is 1. The van der Waals surface area contributed by atoms with E-state index in [4.69, 9.17) is 9.47 Å². The van der Waals surface area contributed by atoms with Crippen molar-refractivity contribution in [2.45, 2.75) is 52.9 Å². The minimum atomic E-state index is -0.405. The second kappa shape index (κ2) is 11.8. The number of hydrogen-bond acceptors (Lipinski definition) is 8. The van der Waals surface area contributed by atoms with Gasteiger partial charge in [0.1, 0.15) is 12.3 Å². The van der Waals surface area contributed by atoms with Gasteiger partial charge in [0.05, 0.1) is 25.3 Å². The van der Waals surface area contributed by atoms with Crippen molar-refractivity contribution in [1.29, 1.82) is 0 Å². The molecule has 0 spiro atoms. The number of aromatic nitrogens is 5. The molecule has 10 heteroatoms. The molecule has 0 saturated carbocycles. The van der Waals surface area contributed by atoms with Crippen LogP contribution in [-0.4, -0.2) is 49.8 Å². The third-order valence-electron chi connectivity index (χ3n) is 6.28. The number of pyridine rings is 1. The van der Waals surface area contributed by atoms with Crippen LogP contribution in [0.4, 0.5) is 0 Å². The monoisotopic (exact) mass is 504 g/mol. The van der Waals surface area contributed by atoms with Crippen LogP contribution < -0.4 is 10.3 Å². The molecule has 2 aromatic carbocycles. The number of H-pyrrole nitrogens is 1. The lowest BCUT2D eigenvalue weighted by atomic mass is 10.1. The lowest BCUT2D eigenvalue weighted by Crippen LogP contribution is -2.33. The summed E-state index contributed by atoms with van der Waals surface area (Å²) < 4.78 is 11.9. The second-order valence-corrected chi connectivity index (χ2v) is 8.89. The molecule has 37 heavy (non-hydrogen) atoms. The SMILES string of the molecule is CCOC(=O)Cn1nnnc1[C@H](CC)N(Cc1ccc(C)cc1)Cc1cc2ccc(OC)cc2[nH]c1=O. The number of carbonyl (C=O) groups is 1. The number of rotatable bonds is 11. The van der Waals surface area contributed by atoms with E-state index in [1.807, 2.05) is 38.1 Å². The maximum atomic E-state index is 13.1. The van der Waals surface area contributed by atoms with Crippen molar-refractivity contribution in [3.8, 4) is 5.75 Å². The van der Waals surface area contributed by atoms with E-state index in [2.05, 4.69) is 49.7 Å². The van der Waals surface area contributed by atoms with Crippen molar-refractivity contribution in [3.63, 3.8) is 0 Å². The predicted octanol–water partition coefficient (Wildman–Crippen LogP) is 3.55. The van der Waals surface area contributed by atoms with Gasteiger partial charge in [-0.05, 0) is 59.8 Å². The highest BCUT2D eigenvalue weighted by atomic mass is 16.5. The van der Waals surface area contributed by atoms with E-state index in [0.29, 0.717) is 42.2 Å². The summed E-state index contributed by atoms with van der Waals surface area (Å²) in [5.41, 5.74) is 3.42. The van der Waals surface area contributed by atoms with E-state index < -0.39 is 5.97 Å². The van der Waals surface area contributed by atoms with E-state index >= 15 is 0 Å². The van der Waals surface area contributed by atoms with Crippen molar-refractivity contribution >= 4 is 16.9 Å². The fraction of sp³-hybridized carbons (Fsp3) is 0.370. The molecule has 0 aliphatic rings. The molecule has 194 valence electrons. The van der Waals surface area contributed by atoms with Gasteiger partial charge >= 0.3 is 5.97 Å². The van der Waals surface area contributed by atoms with Gasteiger partial charge in [-0.2, -0.15) is 0 Å². The molecular weight excluding hydrogens is 472 g/mol. The van der Waals surface area contributed by atoms with Crippen LogP contribution in [0.1, 0.15) is 48.8 Å². The topological polar surface area (TPSA) is 115 Å². The number of fused-ring (bicyclic) bond motifs is 1. The smallest absolute Gasteiger partial charge is 0.327 e. The Balaban J connectivity index is 1.71. The maximum Gasteiger partial charge on any atom is 0.327 e. The first-order chi connectivity index (χ1) is 17.9. The number of benzene rings is 2. The average Bonchev–Trinajstić information content (AvgIpc) is 3.33. The number of nitrogens with zero attached hydrogens (tertiary/aromatic N) is 5. The Morgan fingerprint density at radius 3 is 2.59 bits per heavy atom. The molecule has 2 heterocycles. The quantitative estimate of drug-likeness (QED) is 0.308. The fourth-order valence-electron chi connectivity index (χ4n) is 4.39. The minimum absolute atomic E-state index is 0.0799. The second-order valence-electron chi connectivity index (χ2n) is 8.89. The van der Waals surface area contributed by atoms with Gasteiger partial charge in [-0.1, -0.05) is 36.8 Å². The number of methoxy groups -OCH3 is 1. The Labute approximate surface area is 215 Å². The van der Waals surface area contributed by atoms with Crippen LogP contribution in [0.3, 0.4) is 0 Å². The number of hydrogen-bond donors (Lipinski definition) is 1. The third-order valence-corrected chi connectivity index (χ3v) is 6.28. The molecule has 0 unspecified atom stereocenters. The van der Waals surface area contributed by atoms with E-state index in [1.165, 1.54) is 10.2 Å². The highest BCUT2D eigenvalue weighted by Crippen LogP contribution is 2.27. The molecule has 0 aliphatic carbocycles. The Hall–Kier alpha value is -4.05. The Bertz CT molecular complexity index is 1410. The Morgan fingerprint density at radius 2 is 1.89 bits per heavy atom. The molecule has 4 rings (SSSR count). The lowest BCUT2D eigenvalue weighted by Gasteiger charge is -2.30. The van der Waals surface area contributed by atoms with Crippen LogP contribution in [0.5, 0.6) is 5.75 Å². The van der Waals surface area contributed by atoms with E-state index in [9.17, 15) is 9.59 Å². The normalized spacial score (nSPS) is 12.1. The van der Waals surface area contributed by atoms with Crippen LogP contribution in [0.2, 0.25) is 0 Å². The van der Waals surface area contributed by atoms with Crippen LogP contribution >= 0.6 is 0 Å². The summed E-state index contributed by atoms with van der Waals surface area (Å²) in [4.78, 5) is 30.4. The number of aryl methyl sites for hydroxylation is 1. The Kier molecular flexibility index (Phi) is 8.29. The fourth-order valence-corrected chi connectivity index (χ4v) is 4.39. The molecule has 0 bridgehead atoms. The van der Waals surface area contributed by atoms with Gasteiger partial charge < -0.3 is 14.5 Å². The van der Waals surface area contributed by atoms with Crippen molar-refractivity contribution in [3.05, 3.63) is 81.4 Å². The number of ether oxygens (including phenoxy) is 2. The van der Waals surface area contributed by atoms with Gasteiger partial charge in [0.25, 0.3) is 5.56 Å². The first-order valence-corrected chi connectivity index (χ1v) is 12.3. The molecule has 0 saturated heterocycles. The lowest BCUT2D eigenvalue weighted by molar-refractivity contribution is -0.144. The highest BCUT2D eigenvalue weighted by molar-refractivity contribution is 5.80. The van der Waals surface area contributed by atoms with Crippen LogP contribution in [0.25, 0.3) is 10.9 Å². The van der Waals surface area contributed by atoms with Crippen LogP contribution in [0.15, 0.2) is 53.3 Å². The van der Waals surface area contributed by atoms with E-state index in [0.717, 1.165) is 10.9 Å². The van der Waals surface area contributed by atoms with Gasteiger partial charge in [0.15, 0.2) is 5.82 Å². The maximum absolute atomic E-state index is 13.1. The minimum Gasteiger partial charge on any atom is -0.497 e. The molecule has 0 amide bonds. The molecule has 0 aliphatic heterocycles. The first-order valence-electron chi connectivity index (χ1n) is 12.3. The number of aromatic amines is 1. The molecule has 1 atom stereocenters. The number of esters is 1.